The van der Waals surface area contributed by atoms with Crippen LogP contribution >= 0.6 is 0 Å². The van der Waals surface area contributed by atoms with Gasteiger partial charge in [-0.25, -0.2) is 0 Å². The van der Waals surface area contributed by atoms with E-state index in [1.807, 2.05) is 55.7 Å². The Kier molecular flexibility index (Phi) is 7.39. The molecule has 2 unspecified atom stereocenters. The highest BCUT2D eigenvalue weighted by Gasteiger charge is 2.11. The average Bonchev–Trinajstić information content (AvgIpc) is 2.63. The van der Waals surface area contributed by atoms with E-state index in [-0.39, 0.29) is 11.8 Å². The predicted molar refractivity (Wildman–Crippen MR) is 102 cm³/mol. The molecule has 0 bridgehead atoms. The minimum Gasteiger partial charge on any atom is -0.326 e. The van der Waals surface area contributed by atoms with Crippen LogP contribution in [0.15, 0.2) is 54.6 Å². The first-order valence-corrected chi connectivity index (χ1v) is 8.93. The molecule has 25 heavy (non-hydrogen) atoms. The fraction of sp³-hybridized carbons (Fsp3) is 0.364. The Labute approximate surface area is 150 Å². The van der Waals surface area contributed by atoms with Gasteiger partial charge in [-0.05, 0) is 48.4 Å². The first kappa shape index (κ1) is 18.9. The van der Waals surface area contributed by atoms with Gasteiger partial charge >= 0.3 is 0 Å². The Hall–Kier alpha value is -2.42. The number of aryl methyl sites for hydroxylation is 1. The lowest BCUT2D eigenvalue weighted by atomic mass is 9.97. The molecule has 1 radical (unpaired) electrons. The molecule has 0 aromatic heterocycles. The van der Waals surface area contributed by atoms with Gasteiger partial charge in [0.1, 0.15) is 0 Å². The van der Waals surface area contributed by atoms with Gasteiger partial charge in [0.25, 0.3) is 0 Å². The van der Waals surface area contributed by atoms with Crippen molar-refractivity contribution in [1.29, 1.82) is 0 Å². The van der Waals surface area contributed by atoms with Crippen LogP contribution in [0.3, 0.4) is 0 Å². The number of carbonyl (C=O) groups excluding carboxylic acids is 2. The van der Waals surface area contributed by atoms with E-state index >= 15 is 0 Å². The quantitative estimate of drug-likeness (QED) is 0.709. The summed E-state index contributed by atoms with van der Waals surface area (Å²) in [6.45, 7) is 4.07. The van der Waals surface area contributed by atoms with Crippen molar-refractivity contribution in [2.75, 3.05) is 5.32 Å². The van der Waals surface area contributed by atoms with Gasteiger partial charge in [-0.3, -0.25) is 9.59 Å². The number of nitrogens with one attached hydrogen (secondary N) is 1. The van der Waals surface area contributed by atoms with Crippen molar-refractivity contribution < 1.29 is 9.59 Å². The molecule has 0 saturated carbocycles. The lowest BCUT2D eigenvalue weighted by Crippen LogP contribution is -2.15. The molecule has 1 amide bonds. The van der Waals surface area contributed by atoms with Crippen molar-refractivity contribution in [3.8, 4) is 0 Å². The van der Waals surface area contributed by atoms with Gasteiger partial charge in [0, 0.05) is 12.1 Å². The third-order valence-electron chi connectivity index (χ3n) is 4.45. The maximum absolute atomic E-state index is 12.2. The lowest BCUT2D eigenvalue weighted by Gasteiger charge is -2.12. The van der Waals surface area contributed by atoms with Gasteiger partial charge in [-0.15, -0.1) is 0 Å². The Bertz CT molecular complexity index is 664. The first-order chi connectivity index (χ1) is 12.1. The third kappa shape index (κ3) is 6.18. The second-order valence-corrected chi connectivity index (χ2v) is 6.58. The Morgan fingerprint density at radius 3 is 2.36 bits per heavy atom. The van der Waals surface area contributed by atoms with E-state index in [4.69, 9.17) is 0 Å². The molecule has 131 valence electrons. The summed E-state index contributed by atoms with van der Waals surface area (Å²) >= 11 is 0. The maximum Gasteiger partial charge on any atom is 0.224 e. The van der Waals surface area contributed by atoms with E-state index in [0.29, 0.717) is 12.3 Å². The van der Waals surface area contributed by atoms with Gasteiger partial charge in [-0.2, -0.15) is 0 Å². The van der Waals surface area contributed by atoms with Crippen molar-refractivity contribution in [2.24, 2.45) is 5.92 Å². The van der Waals surface area contributed by atoms with Crippen molar-refractivity contribution >= 4 is 17.9 Å². The normalized spacial score (nSPS) is 13.0. The molecular formula is C22H26NO2. The molecule has 2 atom stereocenters. The standard InChI is InChI=1S/C22H26NO2/c1-3-19(16-24)20-11-13-21(14-12-20)23-22(25)15-17(2)9-10-18-7-5-4-6-8-18/h4-8,11-14,17,19H,3,9-10,15H2,1-2H3,(H,23,25). The molecule has 0 heterocycles. The number of anilines is 1. The summed E-state index contributed by atoms with van der Waals surface area (Å²) in [6.07, 6.45) is 5.26. The molecule has 2 aromatic rings. The molecule has 0 fully saturated rings. The number of benzene rings is 2. The van der Waals surface area contributed by atoms with E-state index < -0.39 is 0 Å². The van der Waals surface area contributed by atoms with Gasteiger partial charge < -0.3 is 5.32 Å². The third-order valence-corrected chi connectivity index (χ3v) is 4.45. The summed E-state index contributed by atoms with van der Waals surface area (Å²) in [5.41, 5.74) is 3.01. The van der Waals surface area contributed by atoms with Crippen LogP contribution in [-0.4, -0.2) is 12.2 Å². The fourth-order valence-corrected chi connectivity index (χ4v) is 2.87. The highest BCUT2D eigenvalue weighted by molar-refractivity contribution is 5.90. The molecule has 3 heteroatoms. The van der Waals surface area contributed by atoms with Gasteiger partial charge in [0.2, 0.25) is 12.2 Å². The zero-order valence-electron chi connectivity index (χ0n) is 15.0. The number of amides is 1. The molecule has 0 saturated heterocycles. The minimum absolute atomic E-state index is 0.0299. The maximum atomic E-state index is 12.2. The predicted octanol–water partition coefficient (Wildman–Crippen LogP) is 4.89. The minimum atomic E-state index is -0.192. The van der Waals surface area contributed by atoms with Crippen molar-refractivity contribution in [1.82, 2.24) is 0 Å². The van der Waals surface area contributed by atoms with E-state index in [1.165, 1.54) is 5.56 Å². The lowest BCUT2D eigenvalue weighted by molar-refractivity contribution is -0.117. The fourth-order valence-electron chi connectivity index (χ4n) is 2.87. The average molecular weight is 336 g/mol. The topological polar surface area (TPSA) is 46.2 Å². The van der Waals surface area contributed by atoms with Crippen molar-refractivity contribution in [2.45, 2.75) is 45.4 Å². The molecule has 2 aromatic carbocycles. The molecule has 2 rings (SSSR count). The van der Waals surface area contributed by atoms with Gasteiger partial charge in [0.05, 0.1) is 5.92 Å². The summed E-state index contributed by atoms with van der Waals surface area (Å²) in [4.78, 5) is 23.1. The molecular weight excluding hydrogens is 310 g/mol. The summed E-state index contributed by atoms with van der Waals surface area (Å²) in [6, 6.07) is 17.8. The second-order valence-electron chi connectivity index (χ2n) is 6.58. The Balaban J connectivity index is 1.80. The SMILES string of the molecule is CCC([C]=O)c1ccc(NC(=O)CC(C)CCc2ccccc2)cc1. The Morgan fingerprint density at radius 1 is 1.08 bits per heavy atom. The first-order valence-electron chi connectivity index (χ1n) is 8.93. The molecule has 0 aliphatic heterocycles. The Morgan fingerprint density at radius 2 is 1.76 bits per heavy atom. The van der Waals surface area contributed by atoms with Crippen LogP contribution in [0.5, 0.6) is 0 Å². The number of hydrogen-bond acceptors (Lipinski definition) is 2. The zero-order chi connectivity index (χ0) is 18.1. The van der Waals surface area contributed by atoms with Crippen LogP contribution in [-0.2, 0) is 16.0 Å². The second kappa shape index (κ2) is 9.77. The number of hydrogen-bond donors (Lipinski definition) is 1. The van der Waals surface area contributed by atoms with E-state index in [0.717, 1.165) is 30.5 Å². The van der Waals surface area contributed by atoms with Crippen LogP contribution in [0, 0.1) is 5.92 Å². The summed E-state index contributed by atoms with van der Waals surface area (Å²) in [7, 11) is 0. The molecule has 0 spiro atoms. The van der Waals surface area contributed by atoms with Crippen molar-refractivity contribution in [3.63, 3.8) is 0 Å². The van der Waals surface area contributed by atoms with E-state index in [9.17, 15) is 9.59 Å². The van der Waals surface area contributed by atoms with Crippen LogP contribution in [0.25, 0.3) is 0 Å². The van der Waals surface area contributed by atoms with E-state index in [1.54, 1.807) is 0 Å². The van der Waals surface area contributed by atoms with Crippen LogP contribution in [0.2, 0.25) is 0 Å². The summed E-state index contributed by atoms with van der Waals surface area (Å²) < 4.78 is 0. The zero-order valence-corrected chi connectivity index (χ0v) is 15.0. The largest absolute Gasteiger partial charge is 0.326 e. The van der Waals surface area contributed by atoms with Gasteiger partial charge in [0.15, 0.2) is 0 Å². The summed E-state index contributed by atoms with van der Waals surface area (Å²) in [5.74, 6) is 0.165. The van der Waals surface area contributed by atoms with Gasteiger partial charge in [-0.1, -0.05) is 56.3 Å². The monoisotopic (exact) mass is 336 g/mol. The molecule has 0 aliphatic carbocycles. The van der Waals surface area contributed by atoms with Crippen molar-refractivity contribution in [3.05, 3.63) is 65.7 Å². The number of carbonyl (C=O) groups is 1. The van der Waals surface area contributed by atoms with Crippen LogP contribution in [0.4, 0.5) is 5.69 Å². The molecule has 0 aliphatic rings. The summed E-state index contributed by atoms with van der Waals surface area (Å²) in [5, 5.41) is 2.94. The molecule has 3 nitrogen and oxygen atoms in total. The van der Waals surface area contributed by atoms with E-state index in [2.05, 4.69) is 24.4 Å². The van der Waals surface area contributed by atoms with Crippen LogP contribution in [0.1, 0.15) is 50.2 Å². The number of rotatable bonds is 9. The smallest absolute Gasteiger partial charge is 0.224 e. The highest BCUT2D eigenvalue weighted by atomic mass is 16.1. The molecule has 1 N–H and O–H groups in total. The van der Waals surface area contributed by atoms with Crippen LogP contribution < -0.4 is 5.32 Å². The highest BCUT2D eigenvalue weighted by Crippen LogP contribution is 2.20.